The van der Waals surface area contributed by atoms with Gasteiger partial charge in [0.2, 0.25) is 0 Å². The summed E-state index contributed by atoms with van der Waals surface area (Å²) in [6.45, 7) is 13.4. The zero-order valence-corrected chi connectivity index (χ0v) is 14.1. The molecular weight excluding hydrogens is 244 g/mol. The first-order valence-corrected chi connectivity index (χ1v) is 7.95. The van der Waals surface area contributed by atoms with Gasteiger partial charge in [0.1, 0.15) is 0 Å². The Labute approximate surface area is 125 Å². The van der Waals surface area contributed by atoms with Crippen LogP contribution in [0.1, 0.15) is 51.3 Å². The Kier molecular flexibility index (Phi) is 7.25. The zero-order valence-electron chi connectivity index (χ0n) is 14.1. The lowest BCUT2D eigenvalue weighted by Gasteiger charge is -2.29. The second-order valence-corrected chi connectivity index (χ2v) is 6.27. The van der Waals surface area contributed by atoms with Crippen LogP contribution in [0.5, 0.6) is 0 Å². The SMILES string of the molecule is CCNC(CCN(C)C(C)C(C)C)c1ccc(C)cc1. The molecule has 0 aliphatic rings. The number of hydrogen-bond acceptors (Lipinski definition) is 2. The number of nitrogens with zero attached hydrogens (tertiary/aromatic N) is 1. The minimum Gasteiger partial charge on any atom is -0.310 e. The molecule has 1 N–H and O–H groups in total. The molecule has 20 heavy (non-hydrogen) atoms. The van der Waals surface area contributed by atoms with Crippen LogP contribution < -0.4 is 5.32 Å². The standard InChI is InChI=1S/C18H32N2/c1-7-19-18(17-10-8-15(4)9-11-17)12-13-20(6)16(5)14(2)3/h8-11,14,16,18-19H,7,12-13H2,1-6H3. The first-order chi connectivity index (χ1) is 9.45. The molecule has 0 spiro atoms. The minimum atomic E-state index is 0.461. The molecule has 1 aromatic rings. The maximum atomic E-state index is 3.62. The summed E-state index contributed by atoms with van der Waals surface area (Å²) in [6.07, 6.45) is 1.16. The summed E-state index contributed by atoms with van der Waals surface area (Å²) in [6, 6.07) is 10.0. The molecule has 114 valence electrons. The minimum absolute atomic E-state index is 0.461. The molecule has 1 aromatic carbocycles. The molecule has 0 saturated heterocycles. The molecule has 2 heteroatoms. The third kappa shape index (κ3) is 5.26. The van der Waals surface area contributed by atoms with E-state index < -0.39 is 0 Å². The number of rotatable bonds is 8. The van der Waals surface area contributed by atoms with E-state index in [1.54, 1.807) is 0 Å². The van der Waals surface area contributed by atoms with E-state index in [-0.39, 0.29) is 0 Å². The van der Waals surface area contributed by atoms with Crippen LogP contribution in [0.4, 0.5) is 0 Å². The lowest BCUT2D eigenvalue weighted by molar-refractivity contribution is 0.198. The van der Waals surface area contributed by atoms with Crippen LogP contribution in [0.15, 0.2) is 24.3 Å². The molecule has 0 aromatic heterocycles. The molecular formula is C18H32N2. The molecule has 0 amide bonds. The van der Waals surface area contributed by atoms with Crippen molar-refractivity contribution in [2.75, 3.05) is 20.1 Å². The van der Waals surface area contributed by atoms with Gasteiger partial charge in [-0.25, -0.2) is 0 Å². The van der Waals surface area contributed by atoms with E-state index in [0.29, 0.717) is 18.0 Å². The summed E-state index contributed by atoms with van der Waals surface area (Å²) in [5, 5.41) is 3.62. The summed E-state index contributed by atoms with van der Waals surface area (Å²) in [5.41, 5.74) is 2.73. The molecule has 0 fully saturated rings. The zero-order chi connectivity index (χ0) is 15.1. The fourth-order valence-electron chi connectivity index (χ4n) is 2.48. The Morgan fingerprint density at radius 2 is 1.70 bits per heavy atom. The summed E-state index contributed by atoms with van der Waals surface area (Å²) in [5.74, 6) is 0.706. The van der Waals surface area contributed by atoms with Gasteiger partial charge in [0.15, 0.2) is 0 Å². The van der Waals surface area contributed by atoms with E-state index in [2.05, 4.69) is 76.1 Å². The Morgan fingerprint density at radius 3 is 2.20 bits per heavy atom. The molecule has 2 unspecified atom stereocenters. The average molecular weight is 276 g/mol. The molecule has 0 heterocycles. The average Bonchev–Trinajstić information content (AvgIpc) is 2.43. The third-order valence-electron chi connectivity index (χ3n) is 4.36. The predicted octanol–water partition coefficient (Wildman–Crippen LogP) is 4.01. The number of benzene rings is 1. The highest BCUT2D eigenvalue weighted by Gasteiger charge is 2.16. The van der Waals surface area contributed by atoms with Gasteiger partial charge < -0.3 is 10.2 Å². The quantitative estimate of drug-likeness (QED) is 0.771. The molecule has 0 saturated carbocycles. The van der Waals surface area contributed by atoms with Crippen molar-refractivity contribution in [1.29, 1.82) is 0 Å². The Bertz CT molecular complexity index is 370. The Balaban J connectivity index is 2.61. The lowest BCUT2D eigenvalue weighted by Crippen LogP contribution is -2.35. The van der Waals surface area contributed by atoms with Crippen LogP contribution in [-0.2, 0) is 0 Å². The fraction of sp³-hybridized carbons (Fsp3) is 0.667. The third-order valence-corrected chi connectivity index (χ3v) is 4.36. The molecule has 0 bridgehead atoms. The van der Waals surface area contributed by atoms with Crippen molar-refractivity contribution in [1.82, 2.24) is 10.2 Å². The van der Waals surface area contributed by atoms with Crippen molar-refractivity contribution in [2.45, 2.75) is 53.1 Å². The summed E-state index contributed by atoms with van der Waals surface area (Å²) >= 11 is 0. The molecule has 0 radical (unpaired) electrons. The molecule has 1 rings (SSSR count). The van der Waals surface area contributed by atoms with Crippen LogP contribution >= 0.6 is 0 Å². The summed E-state index contributed by atoms with van der Waals surface area (Å²) in [4.78, 5) is 2.48. The van der Waals surface area contributed by atoms with E-state index in [0.717, 1.165) is 19.5 Å². The van der Waals surface area contributed by atoms with Gasteiger partial charge in [-0.2, -0.15) is 0 Å². The first kappa shape index (κ1) is 17.2. The fourth-order valence-corrected chi connectivity index (χ4v) is 2.48. The maximum absolute atomic E-state index is 3.62. The molecule has 0 aliphatic heterocycles. The number of nitrogens with one attached hydrogen (secondary N) is 1. The van der Waals surface area contributed by atoms with E-state index in [1.165, 1.54) is 11.1 Å². The van der Waals surface area contributed by atoms with Crippen molar-refractivity contribution in [3.63, 3.8) is 0 Å². The molecule has 0 aliphatic carbocycles. The Morgan fingerprint density at radius 1 is 1.10 bits per heavy atom. The van der Waals surface area contributed by atoms with Crippen molar-refractivity contribution < 1.29 is 0 Å². The van der Waals surface area contributed by atoms with E-state index in [4.69, 9.17) is 0 Å². The second kappa shape index (κ2) is 8.43. The summed E-state index contributed by atoms with van der Waals surface area (Å²) in [7, 11) is 2.24. The van der Waals surface area contributed by atoms with Gasteiger partial charge in [-0.15, -0.1) is 0 Å². The van der Waals surface area contributed by atoms with Crippen LogP contribution in [0.25, 0.3) is 0 Å². The van der Waals surface area contributed by atoms with Crippen molar-refractivity contribution >= 4 is 0 Å². The van der Waals surface area contributed by atoms with Gasteiger partial charge in [-0.3, -0.25) is 0 Å². The highest BCUT2D eigenvalue weighted by molar-refractivity contribution is 5.24. The normalized spacial score (nSPS) is 14.8. The van der Waals surface area contributed by atoms with Crippen molar-refractivity contribution in [3.05, 3.63) is 35.4 Å². The van der Waals surface area contributed by atoms with Gasteiger partial charge in [-0.1, -0.05) is 50.6 Å². The van der Waals surface area contributed by atoms with E-state index >= 15 is 0 Å². The topological polar surface area (TPSA) is 15.3 Å². The molecule has 2 atom stereocenters. The predicted molar refractivity (Wildman–Crippen MR) is 89.1 cm³/mol. The monoisotopic (exact) mass is 276 g/mol. The van der Waals surface area contributed by atoms with Gasteiger partial charge in [0.05, 0.1) is 0 Å². The van der Waals surface area contributed by atoms with Gasteiger partial charge in [0, 0.05) is 12.1 Å². The maximum Gasteiger partial charge on any atom is 0.0332 e. The van der Waals surface area contributed by atoms with Gasteiger partial charge >= 0.3 is 0 Å². The van der Waals surface area contributed by atoms with Crippen LogP contribution in [0.3, 0.4) is 0 Å². The van der Waals surface area contributed by atoms with E-state index in [1.807, 2.05) is 0 Å². The van der Waals surface area contributed by atoms with Crippen LogP contribution in [-0.4, -0.2) is 31.1 Å². The first-order valence-electron chi connectivity index (χ1n) is 7.95. The highest BCUT2D eigenvalue weighted by Crippen LogP contribution is 2.19. The number of hydrogen-bond donors (Lipinski definition) is 1. The lowest BCUT2D eigenvalue weighted by atomic mass is 10.0. The van der Waals surface area contributed by atoms with Gasteiger partial charge in [-0.05, 0) is 51.9 Å². The summed E-state index contributed by atoms with van der Waals surface area (Å²) < 4.78 is 0. The van der Waals surface area contributed by atoms with Gasteiger partial charge in [0.25, 0.3) is 0 Å². The van der Waals surface area contributed by atoms with Crippen LogP contribution in [0, 0.1) is 12.8 Å². The van der Waals surface area contributed by atoms with Crippen LogP contribution in [0.2, 0.25) is 0 Å². The second-order valence-electron chi connectivity index (χ2n) is 6.27. The molecule has 2 nitrogen and oxygen atoms in total. The largest absolute Gasteiger partial charge is 0.310 e. The Hall–Kier alpha value is -0.860. The smallest absolute Gasteiger partial charge is 0.0332 e. The highest BCUT2D eigenvalue weighted by atomic mass is 15.1. The van der Waals surface area contributed by atoms with Crippen molar-refractivity contribution in [2.24, 2.45) is 5.92 Å². The number of aryl methyl sites for hydroxylation is 1. The van der Waals surface area contributed by atoms with E-state index in [9.17, 15) is 0 Å². The van der Waals surface area contributed by atoms with Crippen molar-refractivity contribution in [3.8, 4) is 0 Å².